The zero-order chi connectivity index (χ0) is 24.8. The highest BCUT2D eigenvalue weighted by molar-refractivity contribution is 6.05. The van der Waals surface area contributed by atoms with Crippen molar-refractivity contribution in [2.24, 2.45) is 13.0 Å². The van der Waals surface area contributed by atoms with Gasteiger partial charge in [0.05, 0.1) is 17.5 Å². The van der Waals surface area contributed by atoms with Crippen LogP contribution in [0, 0.1) is 5.92 Å². The average Bonchev–Trinajstić information content (AvgIpc) is 3.57. The second-order valence-corrected chi connectivity index (χ2v) is 10.3. The van der Waals surface area contributed by atoms with E-state index >= 15 is 0 Å². The lowest BCUT2D eigenvalue weighted by atomic mass is 9.89. The maximum absolute atomic E-state index is 13.0. The minimum absolute atomic E-state index is 0.168. The summed E-state index contributed by atoms with van der Waals surface area (Å²) in [4.78, 5) is 43.3. The number of piperidine rings is 1. The number of nitrogens with zero attached hydrogens (tertiary/aromatic N) is 5. The van der Waals surface area contributed by atoms with Crippen molar-refractivity contribution in [2.45, 2.75) is 64.1 Å². The Labute approximate surface area is 209 Å². The molecular weight excluding hydrogens is 456 g/mol. The van der Waals surface area contributed by atoms with Crippen molar-refractivity contribution in [3.63, 3.8) is 0 Å². The van der Waals surface area contributed by atoms with Gasteiger partial charge in [0, 0.05) is 50.1 Å². The third kappa shape index (κ3) is 4.12. The topological polar surface area (TPSA) is 102 Å². The molecule has 0 radical (unpaired) electrons. The molecule has 0 bridgehead atoms. The summed E-state index contributed by atoms with van der Waals surface area (Å²) in [5, 5.41) is 6.94. The summed E-state index contributed by atoms with van der Waals surface area (Å²) < 4.78 is 4.05. The predicted molar refractivity (Wildman–Crippen MR) is 132 cm³/mol. The van der Waals surface area contributed by atoms with Gasteiger partial charge < -0.3 is 9.47 Å². The second-order valence-electron chi connectivity index (χ2n) is 10.3. The van der Waals surface area contributed by atoms with Gasteiger partial charge in [-0.15, -0.1) is 0 Å². The molecule has 9 heteroatoms. The van der Waals surface area contributed by atoms with Gasteiger partial charge >= 0.3 is 0 Å². The molecule has 3 aromatic rings. The lowest BCUT2D eigenvalue weighted by molar-refractivity contribution is -0.136. The number of benzene rings is 1. The van der Waals surface area contributed by atoms with Gasteiger partial charge in [0.2, 0.25) is 11.8 Å². The monoisotopic (exact) mass is 486 g/mol. The van der Waals surface area contributed by atoms with E-state index in [4.69, 9.17) is 4.98 Å². The summed E-state index contributed by atoms with van der Waals surface area (Å²) in [6.07, 6.45) is 13.1. The van der Waals surface area contributed by atoms with E-state index in [2.05, 4.69) is 16.6 Å². The van der Waals surface area contributed by atoms with Crippen LogP contribution >= 0.6 is 0 Å². The van der Waals surface area contributed by atoms with Crippen LogP contribution in [0.15, 0.2) is 36.8 Å². The molecule has 1 aromatic carbocycles. The second kappa shape index (κ2) is 9.04. The van der Waals surface area contributed by atoms with Crippen LogP contribution in [0.4, 0.5) is 0 Å². The minimum atomic E-state index is -0.613. The van der Waals surface area contributed by atoms with Crippen LogP contribution < -0.4 is 5.32 Å². The fourth-order valence-electron chi connectivity index (χ4n) is 5.82. The summed E-state index contributed by atoms with van der Waals surface area (Å²) in [6, 6.07) is 5.09. The average molecular weight is 487 g/mol. The third-order valence-electron chi connectivity index (χ3n) is 7.76. The van der Waals surface area contributed by atoms with Gasteiger partial charge in [0.25, 0.3) is 5.91 Å². The van der Waals surface area contributed by atoms with Gasteiger partial charge in [-0.3, -0.25) is 24.4 Å². The molecule has 1 N–H and O–H groups in total. The minimum Gasteiger partial charge on any atom is -0.333 e. The number of imidazole rings is 1. The first kappa shape index (κ1) is 22.7. The standard InChI is InChI=1S/C27H30N6O3/c1-31-16-22(29-25(31)20-12-28-32(14-20)13-17-5-3-2-4-6-17)18-7-8-21-19(11-18)15-33(27(21)36)23-9-10-24(34)30-26(23)35/h7-8,11-12,14,16-17,23H,2-6,9-10,13,15H2,1H3,(H,30,34,35). The lowest BCUT2D eigenvalue weighted by Crippen LogP contribution is -2.52. The van der Waals surface area contributed by atoms with Crippen molar-refractivity contribution < 1.29 is 14.4 Å². The number of hydrogen-bond acceptors (Lipinski definition) is 5. The highest BCUT2D eigenvalue weighted by Gasteiger charge is 2.39. The molecule has 186 valence electrons. The number of nitrogens with one attached hydrogen (secondary N) is 1. The van der Waals surface area contributed by atoms with Crippen molar-refractivity contribution in [1.82, 2.24) is 29.5 Å². The maximum atomic E-state index is 13.0. The van der Waals surface area contributed by atoms with Gasteiger partial charge in [-0.2, -0.15) is 5.10 Å². The van der Waals surface area contributed by atoms with Crippen LogP contribution in [0.3, 0.4) is 0 Å². The highest BCUT2D eigenvalue weighted by Crippen LogP contribution is 2.32. The molecule has 3 aliphatic rings. The van der Waals surface area contributed by atoms with Crippen molar-refractivity contribution in [2.75, 3.05) is 0 Å². The van der Waals surface area contributed by atoms with E-state index in [1.807, 2.05) is 46.9 Å². The van der Waals surface area contributed by atoms with Crippen molar-refractivity contribution >= 4 is 17.7 Å². The highest BCUT2D eigenvalue weighted by atomic mass is 16.2. The molecule has 1 unspecified atom stereocenters. The van der Waals surface area contributed by atoms with E-state index in [1.165, 1.54) is 32.1 Å². The molecule has 9 nitrogen and oxygen atoms in total. The van der Waals surface area contributed by atoms with Gasteiger partial charge in [0.1, 0.15) is 11.9 Å². The van der Waals surface area contributed by atoms with Gasteiger partial charge in [0.15, 0.2) is 0 Å². The summed E-state index contributed by atoms with van der Waals surface area (Å²) in [6.45, 7) is 1.31. The SMILES string of the molecule is Cn1cc(-c2ccc3c(c2)CN(C2CCC(=O)NC2=O)C3=O)nc1-c1cnn(CC2CCCCC2)c1. The third-order valence-corrected chi connectivity index (χ3v) is 7.76. The number of imide groups is 1. The quantitative estimate of drug-likeness (QED) is 0.558. The zero-order valence-corrected chi connectivity index (χ0v) is 20.4. The molecule has 1 saturated heterocycles. The molecule has 0 spiro atoms. The van der Waals surface area contributed by atoms with E-state index in [0.717, 1.165) is 34.8 Å². The van der Waals surface area contributed by atoms with E-state index in [-0.39, 0.29) is 18.2 Å². The molecule has 1 atom stereocenters. The predicted octanol–water partition coefficient (Wildman–Crippen LogP) is 3.29. The van der Waals surface area contributed by atoms with E-state index < -0.39 is 11.9 Å². The van der Waals surface area contributed by atoms with Crippen LogP contribution in [-0.4, -0.2) is 48.0 Å². The smallest absolute Gasteiger partial charge is 0.255 e. The summed E-state index contributed by atoms with van der Waals surface area (Å²) in [5.74, 6) is 0.705. The number of hydrogen-bond donors (Lipinski definition) is 1. The Hall–Kier alpha value is -3.75. The fourth-order valence-corrected chi connectivity index (χ4v) is 5.82. The van der Waals surface area contributed by atoms with E-state index in [0.29, 0.717) is 24.4 Å². The Kier molecular flexibility index (Phi) is 5.70. The summed E-state index contributed by atoms with van der Waals surface area (Å²) in [7, 11) is 1.98. The first-order valence-electron chi connectivity index (χ1n) is 12.8. The van der Waals surface area contributed by atoms with Gasteiger partial charge in [-0.1, -0.05) is 25.3 Å². The van der Waals surface area contributed by atoms with E-state index in [9.17, 15) is 14.4 Å². The molecule has 2 aliphatic heterocycles. The number of carbonyl (C=O) groups is 3. The maximum Gasteiger partial charge on any atom is 0.255 e. The molecule has 1 aliphatic carbocycles. The Morgan fingerprint density at radius 3 is 2.67 bits per heavy atom. The molecule has 6 rings (SSSR count). The first-order valence-corrected chi connectivity index (χ1v) is 12.8. The number of fused-ring (bicyclic) bond motifs is 1. The van der Waals surface area contributed by atoms with Gasteiger partial charge in [-0.25, -0.2) is 4.98 Å². The number of aryl methyl sites for hydroxylation is 1. The lowest BCUT2D eigenvalue weighted by Gasteiger charge is -2.29. The fraction of sp³-hybridized carbons (Fsp3) is 0.444. The first-order chi connectivity index (χ1) is 17.5. The van der Waals surface area contributed by atoms with Crippen LogP contribution in [-0.2, 0) is 29.7 Å². The molecule has 1 saturated carbocycles. The van der Waals surface area contributed by atoms with Crippen LogP contribution in [0.1, 0.15) is 60.9 Å². The molecule has 2 aromatic heterocycles. The molecule has 36 heavy (non-hydrogen) atoms. The molecule has 2 fully saturated rings. The van der Waals surface area contributed by atoms with Crippen molar-refractivity contribution in [1.29, 1.82) is 0 Å². The van der Waals surface area contributed by atoms with E-state index in [1.54, 1.807) is 4.90 Å². The van der Waals surface area contributed by atoms with Crippen LogP contribution in [0.25, 0.3) is 22.6 Å². The van der Waals surface area contributed by atoms with Gasteiger partial charge in [-0.05, 0) is 42.9 Å². The number of amides is 3. The Bertz CT molecular complexity index is 1350. The number of carbonyl (C=O) groups excluding carboxylic acids is 3. The zero-order valence-electron chi connectivity index (χ0n) is 20.4. The Morgan fingerprint density at radius 1 is 1.03 bits per heavy atom. The summed E-state index contributed by atoms with van der Waals surface area (Å²) in [5.41, 5.74) is 4.20. The molecular formula is C27H30N6O3. The normalized spacial score (nSPS) is 20.6. The summed E-state index contributed by atoms with van der Waals surface area (Å²) >= 11 is 0. The Balaban J connectivity index is 1.21. The molecule has 3 amide bonds. The Morgan fingerprint density at radius 2 is 1.86 bits per heavy atom. The van der Waals surface area contributed by atoms with Crippen LogP contribution in [0.5, 0.6) is 0 Å². The largest absolute Gasteiger partial charge is 0.333 e. The van der Waals surface area contributed by atoms with Crippen molar-refractivity contribution in [3.8, 4) is 22.6 Å². The van der Waals surface area contributed by atoms with Crippen LogP contribution in [0.2, 0.25) is 0 Å². The molecule has 4 heterocycles. The number of rotatable bonds is 5. The number of aromatic nitrogens is 4. The van der Waals surface area contributed by atoms with Crippen molar-refractivity contribution in [3.05, 3.63) is 47.9 Å².